The van der Waals surface area contributed by atoms with Crippen LogP contribution in [0.4, 0.5) is 0 Å². The molecule has 4 amide bonds. The van der Waals surface area contributed by atoms with Gasteiger partial charge in [0.2, 0.25) is 17.7 Å². The number of primary amides is 2. The Bertz CT molecular complexity index is 2000. The molecule has 0 bridgehead atoms. The third-order valence-electron chi connectivity index (χ3n) is 10.1. The molecular formula is C42H49N5O7. The summed E-state index contributed by atoms with van der Waals surface area (Å²) in [5, 5.41) is 13.4. The summed E-state index contributed by atoms with van der Waals surface area (Å²) < 4.78 is 5.49. The molecule has 4 aromatic rings. The van der Waals surface area contributed by atoms with E-state index in [-0.39, 0.29) is 25.0 Å². The van der Waals surface area contributed by atoms with Crippen LogP contribution in [-0.4, -0.2) is 80.3 Å². The first kappa shape index (κ1) is 39.8. The van der Waals surface area contributed by atoms with Gasteiger partial charge >= 0.3 is 5.97 Å². The number of nitrogens with two attached hydrogens (primary N) is 3. The largest absolute Gasteiger partial charge is 0.457 e. The molecule has 4 aromatic carbocycles. The Morgan fingerprint density at radius 3 is 2.00 bits per heavy atom. The number of nitrogens with zero attached hydrogens (tertiary/aromatic N) is 2. The van der Waals surface area contributed by atoms with Gasteiger partial charge in [0.15, 0.2) is 0 Å². The summed E-state index contributed by atoms with van der Waals surface area (Å²) in [5.41, 5.74) is 17.7. The van der Waals surface area contributed by atoms with Gasteiger partial charge in [-0.15, -0.1) is 0 Å². The van der Waals surface area contributed by atoms with Crippen LogP contribution in [0.5, 0.6) is 0 Å². The fourth-order valence-corrected chi connectivity index (χ4v) is 7.60. The lowest BCUT2D eigenvalue weighted by Gasteiger charge is -2.52. The number of rotatable bonds is 14. The predicted molar refractivity (Wildman–Crippen MR) is 205 cm³/mol. The molecule has 12 nitrogen and oxygen atoms in total. The summed E-state index contributed by atoms with van der Waals surface area (Å²) >= 11 is 0. The number of aliphatic hydroxyl groups excluding tert-OH is 1. The molecular weight excluding hydrogens is 686 g/mol. The van der Waals surface area contributed by atoms with Crippen LogP contribution in [-0.2, 0) is 32.1 Å². The Balaban J connectivity index is 1.58. The van der Waals surface area contributed by atoms with Crippen LogP contribution in [0.15, 0.2) is 97.1 Å². The number of aryl methyl sites for hydroxylation is 1. The normalized spacial score (nSPS) is 17.7. The average molecular weight is 736 g/mol. The minimum atomic E-state index is -1.70. The van der Waals surface area contributed by atoms with Crippen LogP contribution in [0.3, 0.4) is 0 Å². The Hall–Kier alpha value is -5.43. The first-order chi connectivity index (χ1) is 25.6. The minimum Gasteiger partial charge on any atom is -0.457 e. The van der Waals surface area contributed by atoms with Gasteiger partial charge in [-0.05, 0) is 99.2 Å². The molecule has 2 unspecified atom stereocenters. The number of benzene rings is 4. The van der Waals surface area contributed by atoms with E-state index in [9.17, 15) is 29.1 Å². The summed E-state index contributed by atoms with van der Waals surface area (Å²) in [4.78, 5) is 70.9. The quantitative estimate of drug-likeness (QED) is 0.139. The van der Waals surface area contributed by atoms with Gasteiger partial charge in [-0.1, -0.05) is 72.8 Å². The lowest BCUT2D eigenvalue weighted by molar-refractivity contribution is -0.151. The van der Waals surface area contributed by atoms with Crippen LogP contribution >= 0.6 is 0 Å². The Labute approximate surface area is 315 Å². The fraction of sp³-hybridized carbons (Fsp3) is 0.357. The molecule has 1 fully saturated rings. The van der Waals surface area contributed by atoms with E-state index in [2.05, 4.69) is 0 Å². The number of amides is 4. The van der Waals surface area contributed by atoms with Gasteiger partial charge in [0, 0.05) is 11.1 Å². The maximum absolute atomic E-state index is 14.9. The maximum Gasteiger partial charge on any atom is 0.338 e. The molecule has 0 spiro atoms. The number of carbonyl (C=O) groups is 5. The van der Waals surface area contributed by atoms with Crippen molar-refractivity contribution in [2.45, 2.75) is 88.7 Å². The topological polar surface area (TPSA) is 199 Å². The van der Waals surface area contributed by atoms with Crippen molar-refractivity contribution in [1.82, 2.24) is 9.80 Å². The number of hydrogen-bond donors (Lipinski definition) is 4. The zero-order valence-electron chi connectivity index (χ0n) is 30.9. The zero-order chi connectivity index (χ0) is 39.2. The second kappa shape index (κ2) is 16.7. The third-order valence-corrected chi connectivity index (χ3v) is 10.1. The van der Waals surface area contributed by atoms with Crippen molar-refractivity contribution >= 4 is 40.4 Å². The molecule has 1 heterocycles. The highest BCUT2D eigenvalue weighted by molar-refractivity contribution is 6.09. The molecule has 7 N–H and O–H groups in total. The van der Waals surface area contributed by atoms with E-state index in [4.69, 9.17) is 21.9 Å². The highest BCUT2D eigenvalue weighted by Crippen LogP contribution is 2.42. The third kappa shape index (κ3) is 8.68. The van der Waals surface area contributed by atoms with Crippen LogP contribution in [0.1, 0.15) is 78.3 Å². The van der Waals surface area contributed by atoms with Crippen molar-refractivity contribution < 1.29 is 33.8 Å². The van der Waals surface area contributed by atoms with Crippen LogP contribution in [0.2, 0.25) is 0 Å². The van der Waals surface area contributed by atoms with Crippen LogP contribution in [0.25, 0.3) is 10.8 Å². The van der Waals surface area contributed by atoms with E-state index in [1.807, 2.05) is 86.3 Å². The molecule has 0 aliphatic carbocycles. The summed E-state index contributed by atoms with van der Waals surface area (Å²) in [6, 6.07) is 25.1. The number of esters is 1. The van der Waals surface area contributed by atoms with Crippen molar-refractivity contribution in [1.29, 1.82) is 0 Å². The van der Waals surface area contributed by atoms with E-state index < -0.39 is 65.3 Å². The molecule has 0 radical (unpaired) electrons. The van der Waals surface area contributed by atoms with Crippen LogP contribution in [0, 0.1) is 0 Å². The molecule has 4 atom stereocenters. The van der Waals surface area contributed by atoms with Crippen molar-refractivity contribution in [2.75, 3.05) is 6.54 Å². The summed E-state index contributed by atoms with van der Waals surface area (Å²) in [6.45, 7) is 6.19. The fourth-order valence-electron chi connectivity index (χ4n) is 7.60. The van der Waals surface area contributed by atoms with Gasteiger partial charge in [0.25, 0.3) is 5.91 Å². The average Bonchev–Trinajstić information content (AvgIpc) is 3.62. The van der Waals surface area contributed by atoms with Gasteiger partial charge in [-0.3, -0.25) is 29.0 Å². The van der Waals surface area contributed by atoms with Crippen molar-refractivity contribution in [3.05, 3.63) is 119 Å². The van der Waals surface area contributed by atoms with Crippen molar-refractivity contribution in [2.24, 2.45) is 17.2 Å². The molecule has 1 saturated heterocycles. The van der Waals surface area contributed by atoms with Gasteiger partial charge in [-0.25, -0.2) is 4.79 Å². The highest BCUT2D eigenvalue weighted by Gasteiger charge is 2.60. The van der Waals surface area contributed by atoms with Crippen molar-refractivity contribution in [3.63, 3.8) is 0 Å². The molecule has 1 aliphatic heterocycles. The zero-order valence-corrected chi connectivity index (χ0v) is 30.9. The van der Waals surface area contributed by atoms with Crippen molar-refractivity contribution in [3.8, 4) is 0 Å². The van der Waals surface area contributed by atoms with Gasteiger partial charge < -0.3 is 27.0 Å². The van der Waals surface area contributed by atoms with E-state index in [0.29, 0.717) is 35.7 Å². The summed E-state index contributed by atoms with van der Waals surface area (Å²) in [5.74, 6) is -4.03. The number of hydrogen-bond acceptors (Lipinski definition) is 9. The monoisotopic (exact) mass is 735 g/mol. The minimum absolute atomic E-state index is 0.0433. The second-order valence-electron chi connectivity index (χ2n) is 14.9. The van der Waals surface area contributed by atoms with E-state index in [1.54, 1.807) is 30.3 Å². The van der Waals surface area contributed by atoms with E-state index in [1.165, 1.54) is 6.07 Å². The Kier molecular flexibility index (Phi) is 12.3. The lowest BCUT2D eigenvalue weighted by atomic mass is 9.78. The molecule has 284 valence electrons. The predicted octanol–water partition coefficient (Wildman–Crippen LogP) is 3.85. The number of ether oxygens (including phenoxy) is 1. The number of aliphatic hydroxyl groups is 1. The maximum atomic E-state index is 14.9. The number of likely N-dealkylation sites (tertiary alicyclic amines) is 1. The smallest absolute Gasteiger partial charge is 0.338 e. The second-order valence-corrected chi connectivity index (χ2v) is 14.9. The molecule has 12 heteroatoms. The van der Waals surface area contributed by atoms with Gasteiger partial charge in [0.05, 0.1) is 30.2 Å². The SMILES string of the molecule is CC(C)(C)N1CCC[C@]1(C(N)=O)C(C(O)CCc1ccccc1)N(C(=O)c1ccc2cc(C(=O)OCc3ccccc3)ccc2c1)C(=O)[C@@H](N)CC(N)=O. The molecule has 54 heavy (non-hydrogen) atoms. The first-order valence-electron chi connectivity index (χ1n) is 18.1. The Morgan fingerprint density at radius 2 is 1.43 bits per heavy atom. The lowest BCUT2D eigenvalue weighted by Crippen LogP contribution is -2.74. The van der Waals surface area contributed by atoms with Crippen LogP contribution < -0.4 is 17.2 Å². The number of fused-ring (bicyclic) bond motifs is 1. The van der Waals surface area contributed by atoms with E-state index in [0.717, 1.165) is 16.0 Å². The molecule has 5 rings (SSSR count). The highest BCUT2D eigenvalue weighted by atomic mass is 16.5. The molecule has 1 aliphatic rings. The molecule has 0 aromatic heterocycles. The standard InChI is InChI=1S/C42H49N5O7/c1-41(2,3)46-22-10-21-42(46,40(45)53)36(34(48)20-15-27-11-6-4-7-12-27)47(38(51)33(43)25-35(44)49)37(50)31-18-16-30-24-32(19-17-29(30)23-31)39(52)54-26-28-13-8-5-9-14-28/h4-9,11-14,16-19,23-24,33-34,36,48H,10,15,20-22,25-26,43H2,1-3H3,(H2,44,49)(H2,45,53)/t33-,34?,36?,42+/m0/s1. The van der Waals surface area contributed by atoms with Gasteiger partial charge in [0.1, 0.15) is 12.1 Å². The van der Waals surface area contributed by atoms with E-state index >= 15 is 0 Å². The summed E-state index contributed by atoms with van der Waals surface area (Å²) in [6.07, 6.45) is -0.960. The van der Waals surface area contributed by atoms with Gasteiger partial charge in [-0.2, -0.15) is 0 Å². The molecule has 0 saturated carbocycles. The number of imide groups is 1. The first-order valence-corrected chi connectivity index (χ1v) is 18.1. The number of carbonyl (C=O) groups excluding carboxylic acids is 5. The Morgan fingerprint density at radius 1 is 0.852 bits per heavy atom. The summed E-state index contributed by atoms with van der Waals surface area (Å²) in [7, 11) is 0.